The van der Waals surface area contributed by atoms with Crippen LogP contribution in [0.2, 0.25) is 5.15 Å². The van der Waals surface area contributed by atoms with E-state index in [1.54, 1.807) is 5.43 Å². The minimum atomic E-state index is -0.787. The van der Waals surface area contributed by atoms with Crippen molar-refractivity contribution in [3.05, 3.63) is 21.3 Å². The fourth-order valence-electron chi connectivity index (χ4n) is 0.633. The standard InChI is InChI=1S/C5H5ClN4O3/c1-13-4-2-3(6)7-5(8-4)9-10(11)12/h2H,1H3,(H,7,8,9). The van der Waals surface area contributed by atoms with E-state index in [-0.39, 0.29) is 17.0 Å². The van der Waals surface area contributed by atoms with Crippen LogP contribution in [-0.4, -0.2) is 22.1 Å². The molecule has 0 amide bonds. The first-order valence-corrected chi connectivity index (χ1v) is 3.49. The maximum atomic E-state index is 10.0. The van der Waals surface area contributed by atoms with Crippen LogP contribution in [0, 0.1) is 10.1 Å². The summed E-state index contributed by atoms with van der Waals surface area (Å²) >= 11 is 5.52. The van der Waals surface area contributed by atoms with Crippen molar-refractivity contribution in [1.82, 2.24) is 9.97 Å². The summed E-state index contributed by atoms with van der Waals surface area (Å²) in [5.74, 6) is -0.0568. The number of hydrogen-bond acceptors (Lipinski definition) is 5. The maximum Gasteiger partial charge on any atom is 0.289 e. The zero-order valence-electron chi connectivity index (χ0n) is 6.52. The Labute approximate surface area is 77.8 Å². The van der Waals surface area contributed by atoms with Gasteiger partial charge in [0.15, 0.2) is 5.03 Å². The first kappa shape index (κ1) is 9.46. The largest absolute Gasteiger partial charge is 0.481 e. The number of hydrazine groups is 1. The lowest BCUT2D eigenvalue weighted by molar-refractivity contribution is -0.446. The lowest BCUT2D eigenvalue weighted by atomic mass is 10.6. The Morgan fingerprint density at radius 2 is 2.38 bits per heavy atom. The molecule has 0 aliphatic carbocycles. The van der Waals surface area contributed by atoms with E-state index in [9.17, 15) is 10.1 Å². The molecular formula is C5H5ClN4O3. The third-order valence-corrected chi connectivity index (χ3v) is 1.27. The zero-order chi connectivity index (χ0) is 9.84. The molecule has 0 aromatic carbocycles. The van der Waals surface area contributed by atoms with Gasteiger partial charge < -0.3 is 4.74 Å². The van der Waals surface area contributed by atoms with Gasteiger partial charge in [-0.25, -0.2) is 10.1 Å². The summed E-state index contributed by atoms with van der Waals surface area (Å²) in [6, 6.07) is 1.34. The molecule has 1 N–H and O–H groups in total. The Hall–Kier alpha value is -1.63. The molecule has 0 aliphatic heterocycles. The smallest absolute Gasteiger partial charge is 0.289 e. The van der Waals surface area contributed by atoms with E-state index in [0.29, 0.717) is 0 Å². The third kappa shape index (κ3) is 2.71. The topological polar surface area (TPSA) is 90.2 Å². The van der Waals surface area contributed by atoms with Crippen molar-refractivity contribution >= 4 is 17.5 Å². The van der Waals surface area contributed by atoms with Gasteiger partial charge in [0.2, 0.25) is 5.88 Å². The number of nitro groups is 1. The lowest BCUT2D eigenvalue weighted by Crippen LogP contribution is -2.11. The molecule has 0 unspecified atom stereocenters. The van der Waals surface area contributed by atoms with Gasteiger partial charge in [-0.1, -0.05) is 17.0 Å². The number of methoxy groups -OCH3 is 1. The van der Waals surface area contributed by atoms with E-state index >= 15 is 0 Å². The van der Waals surface area contributed by atoms with Gasteiger partial charge >= 0.3 is 0 Å². The van der Waals surface area contributed by atoms with Crippen LogP contribution < -0.4 is 10.2 Å². The minimum Gasteiger partial charge on any atom is -0.481 e. The van der Waals surface area contributed by atoms with Gasteiger partial charge in [-0.05, 0) is 0 Å². The first-order valence-electron chi connectivity index (χ1n) is 3.11. The molecule has 0 aliphatic rings. The molecule has 1 rings (SSSR count). The molecule has 0 atom stereocenters. The van der Waals surface area contributed by atoms with Gasteiger partial charge in [0, 0.05) is 6.07 Å². The van der Waals surface area contributed by atoms with Crippen molar-refractivity contribution in [3.8, 4) is 5.88 Å². The summed E-state index contributed by atoms with van der Waals surface area (Å²) in [5.41, 5.74) is 1.76. The molecule has 0 fully saturated rings. The zero-order valence-corrected chi connectivity index (χ0v) is 7.28. The van der Waals surface area contributed by atoms with Gasteiger partial charge in [0.25, 0.3) is 5.95 Å². The van der Waals surface area contributed by atoms with Crippen molar-refractivity contribution in [2.75, 3.05) is 12.5 Å². The van der Waals surface area contributed by atoms with E-state index < -0.39 is 5.03 Å². The van der Waals surface area contributed by atoms with Gasteiger partial charge in [-0.2, -0.15) is 9.97 Å². The molecule has 0 bridgehead atoms. The molecule has 1 aromatic rings. The van der Waals surface area contributed by atoms with Crippen molar-refractivity contribution in [1.29, 1.82) is 0 Å². The van der Waals surface area contributed by atoms with E-state index in [1.807, 2.05) is 0 Å². The van der Waals surface area contributed by atoms with Crippen LogP contribution in [0.5, 0.6) is 5.88 Å². The van der Waals surface area contributed by atoms with Crippen LogP contribution in [0.25, 0.3) is 0 Å². The summed E-state index contributed by atoms with van der Waals surface area (Å²) in [6.45, 7) is 0. The summed E-state index contributed by atoms with van der Waals surface area (Å²) in [6.07, 6.45) is 0. The molecule has 0 saturated heterocycles. The van der Waals surface area contributed by atoms with E-state index in [4.69, 9.17) is 16.3 Å². The van der Waals surface area contributed by atoms with Gasteiger partial charge in [-0.15, -0.1) is 0 Å². The number of nitrogens with one attached hydrogen (secondary N) is 1. The van der Waals surface area contributed by atoms with Gasteiger partial charge in [0.05, 0.1) is 7.11 Å². The number of ether oxygens (including phenoxy) is 1. The quantitative estimate of drug-likeness (QED) is 0.444. The number of anilines is 1. The highest BCUT2D eigenvalue weighted by Crippen LogP contribution is 2.15. The number of halogens is 1. The van der Waals surface area contributed by atoms with Gasteiger partial charge in [-0.3, -0.25) is 0 Å². The molecule has 13 heavy (non-hydrogen) atoms. The molecule has 0 saturated carbocycles. The Bertz CT molecular complexity index is 332. The highest BCUT2D eigenvalue weighted by Gasteiger charge is 2.06. The third-order valence-electron chi connectivity index (χ3n) is 1.07. The molecule has 7 nitrogen and oxygen atoms in total. The summed E-state index contributed by atoms with van der Waals surface area (Å²) in [4.78, 5) is 17.2. The second-order valence-electron chi connectivity index (χ2n) is 1.93. The average molecular weight is 205 g/mol. The fourth-order valence-corrected chi connectivity index (χ4v) is 0.807. The lowest BCUT2D eigenvalue weighted by Gasteiger charge is -2.00. The average Bonchev–Trinajstić information content (AvgIpc) is 2.01. The maximum absolute atomic E-state index is 10.0. The molecule has 8 heteroatoms. The SMILES string of the molecule is COc1cc(Cl)nc(N[N+](=O)[O-])n1. The van der Waals surface area contributed by atoms with Gasteiger partial charge in [0.1, 0.15) is 5.15 Å². The van der Waals surface area contributed by atoms with E-state index in [2.05, 4.69) is 9.97 Å². The monoisotopic (exact) mass is 204 g/mol. The Morgan fingerprint density at radius 1 is 1.69 bits per heavy atom. The number of rotatable bonds is 3. The molecule has 0 radical (unpaired) electrons. The number of aromatic nitrogens is 2. The Kier molecular flexibility index (Phi) is 2.80. The predicted octanol–water partition coefficient (Wildman–Crippen LogP) is 0.742. The van der Waals surface area contributed by atoms with Crippen LogP contribution in [0.15, 0.2) is 6.07 Å². The molecular weight excluding hydrogens is 200 g/mol. The fraction of sp³-hybridized carbons (Fsp3) is 0.200. The van der Waals surface area contributed by atoms with Crippen LogP contribution >= 0.6 is 11.6 Å². The van der Waals surface area contributed by atoms with E-state index in [0.717, 1.165) is 0 Å². The van der Waals surface area contributed by atoms with Crippen LogP contribution in [0.4, 0.5) is 5.95 Å². The van der Waals surface area contributed by atoms with Crippen molar-refractivity contribution < 1.29 is 9.77 Å². The Morgan fingerprint density at radius 3 is 2.92 bits per heavy atom. The highest BCUT2D eigenvalue weighted by molar-refractivity contribution is 6.29. The van der Waals surface area contributed by atoms with E-state index in [1.165, 1.54) is 13.2 Å². The second-order valence-corrected chi connectivity index (χ2v) is 2.31. The molecule has 70 valence electrons. The van der Waals surface area contributed by atoms with Crippen LogP contribution in [0.3, 0.4) is 0 Å². The molecule has 1 aromatic heterocycles. The van der Waals surface area contributed by atoms with Crippen LogP contribution in [-0.2, 0) is 0 Å². The summed E-state index contributed by atoms with van der Waals surface area (Å²) < 4.78 is 4.72. The second kappa shape index (κ2) is 3.85. The summed E-state index contributed by atoms with van der Waals surface area (Å²) in [7, 11) is 1.37. The minimum absolute atomic E-state index is 0.0659. The summed E-state index contributed by atoms with van der Waals surface area (Å²) in [5, 5.41) is 9.29. The van der Waals surface area contributed by atoms with Crippen molar-refractivity contribution in [2.24, 2.45) is 0 Å². The Balaban J connectivity index is 2.94. The predicted molar refractivity (Wildman–Crippen MR) is 44.2 cm³/mol. The number of nitrogens with zero attached hydrogens (tertiary/aromatic N) is 3. The first-order chi connectivity index (χ1) is 6.11. The molecule has 0 spiro atoms. The number of hydrogen-bond donors (Lipinski definition) is 1. The highest BCUT2D eigenvalue weighted by atomic mass is 35.5. The molecule has 1 heterocycles. The van der Waals surface area contributed by atoms with Crippen molar-refractivity contribution in [2.45, 2.75) is 0 Å². The normalized spacial score (nSPS) is 9.38. The van der Waals surface area contributed by atoms with Crippen molar-refractivity contribution in [3.63, 3.8) is 0 Å². The van der Waals surface area contributed by atoms with Crippen LogP contribution in [0.1, 0.15) is 0 Å².